The summed E-state index contributed by atoms with van der Waals surface area (Å²) in [5.41, 5.74) is -1.51. The van der Waals surface area contributed by atoms with Crippen LogP contribution in [0.1, 0.15) is 11.1 Å². The van der Waals surface area contributed by atoms with Crippen LogP contribution in [0.15, 0.2) is 36.4 Å². The third kappa shape index (κ3) is 5.45. The summed E-state index contributed by atoms with van der Waals surface area (Å²) in [5, 5.41) is 18.1. The Labute approximate surface area is 198 Å². The third-order valence-electron chi connectivity index (χ3n) is 4.57. The number of carbonyl (C=O) groups is 1. The van der Waals surface area contributed by atoms with Crippen LogP contribution in [0, 0.1) is 17.5 Å². The van der Waals surface area contributed by atoms with E-state index in [1.165, 1.54) is 0 Å². The Morgan fingerprint density at radius 1 is 1.03 bits per heavy atom. The molecule has 180 valence electrons. The summed E-state index contributed by atoms with van der Waals surface area (Å²) in [4.78, 5) is 10.6. The zero-order valence-electron chi connectivity index (χ0n) is 16.7. The molecule has 0 aliphatic rings. The first-order valence-corrected chi connectivity index (χ1v) is 10.0. The van der Waals surface area contributed by atoms with E-state index in [2.05, 4.69) is 4.74 Å². The second-order valence-electron chi connectivity index (χ2n) is 6.78. The Balaban J connectivity index is 2.04. The minimum Gasteiger partial charge on any atom is -0.507 e. The number of alkyl halides is 2. The van der Waals surface area contributed by atoms with E-state index in [4.69, 9.17) is 33.0 Å². The van der Waals surface area contributed by atoms with Crippen molar-refractivity contribution in [2.45, 2.75) is 13.0 Å². The first-order valence-electron chi connectivity index (χ1n) is 9.25. The minimum atomic E-state index is -3.22. The van der Waals surface area contributed by atoms with Crippen LogP contribution in [-0.4, -0.2) is 29.4 Å². The third-order valence-corrected chi connectivity index (χ3v) is 5.30. The molecule has 3 aromatic rings. The van der Waals surface area contributed by atoms with Crippen LogP contribution in [0.2, 0.25) is 10.0 Å². The summed E-state index contributed by atoms with van der Waals surface area (Å²) in [6, 6.07) is 5.56. The van der Waals surface area contributed by atoms with Crippen molar-refractivity contribution >= 4 is 29.2 Å². The van der Waals surface area contributed by atoms with Crippen LogP contribution in [0.25, 0.3) is 11.1 Å². The molecule has 34 heavy (non-hydrogen) atoms. The zero-order valence-corrected chi connectivity index (χ0v) is 18.2. The number of ether oxygens (including phenoxy) is 2. The predicted octanol–water partition coefficient (Wildman–Crippen LogP) is 6.44. The predicted molar refractivity (Wildman–Crippen MR) is 112 cm³/mol. The van der Waals surface area contributed by atoms with Gasteiger partial charge in [0.15, 0.2) is 18.2 Å². The first-order chi connectivity index (χ1) is 16.0. The van der Waals surface area contributed by atoms with Crippen molar-refractivity contribution in [2.24, 2.45) is 0 Å². The molecule has 0 atom stereocenters. The van der Waals surface area contributed by atoms with Crippen molar-refractivity contribution in [3.05, 3.63) is 75.0 Å². The highest BCUT2D eigenvalue weighted by molar-refractivity contribution is 6.36. The van der Waals surface area contributed by atoms with E-state index >= 15 is 4.39 Å². The van der Waals surface area contributed by atoms with E-state index in [0.29, 0.717) is 0 Å². The lowest BCUT2D eigenvalue weighted by Gasteiger charge is -2.15. The molecule has 0 fully saturated rings. The van der Waals surface area contributed by atoms with Crippen molar-refractivity contribution in [1.82, 2.24) is 0 Å². The lowest BCUT2D eigenvalue weighted by atomic mass is 9.96. The van der Waals surface area contributed by atoms with Crippen LogP contribution >= 0.6 is 23.2 Å². The molecule has 5 nitrogen and oxygen atoms in total. The van der Waals surface area contributed by atoms with Crippen molar-refractivity contribution in [2.75, 3.05) is 6.61 Å². The lowest BCUT2D eigenvalue weighted by Crippen LogP contribution is -2.11. The summed E-state index contributed by atoms with van der Waals surface area (Å²) >= 11 is 12.1. The van der Waals surface area contributed by atoms with Crippen LogP contribution < -0.4 is 9.47 Å². The van der Waals surface area contributed by atoms with Gasteiger partial charge in [0.05, 0.1) is 10.6 Å². The van der Waals surface area contributed by atoms with Gasteiger partial charge in [-0.25, -0.2) is 18.0 Å². The Hall–Kier alpha value is -3.24. The van der Waals surface area contributed by atoms with Crippen LogP contribution in [0.3, 0.4) is 0 Å². The molecule has 0 heterocycles. The molecule has 12 heteroatoms. The molecule has 0 unspecified atom stereocenters. The van der Waals surface area contributed by atoms with Gasteiger partial charge in [0.1, 0.15) is 23.1 Å². The number of carboxylic acid groups (broad SMARTS) is 1. The molecule has 3 rings (SSSR count). The number of aromatic hydroxyl groups is 1. The monoisotopic (exact) mass is 522 g/mol. The fraction of sp³-hybridized carbons (Fsp3) is 0.136. The van der Waals surface area contributed by atoms with Crippen molar-refractivity contribution in [3.8, 4) is 28.4 Å². The highest BCUT2D eigenvalue weighted by atomic mass is 35.5. The van der Waals surface area contributed by atoms with Gasteiger partial charge >= 0.3 is 12.6 Å². The van der Waals surface area contributed by atoms with E-state index in [1.807, 2.05) is 0 Å². The van der Waals surface area contributed by atoms with Crippen molar-refractivity contribution in [1.29, 1.82) is 0 Å². The van der Waals surface area contributed by atoms with Gasteiger partial charge in [-0.1, -0.05) is 29.3 Å². The number of benzene rings is 3. The van der Waals surface area contributed by atoms with Crippen molar-refractivity contribution < 1.29 is 46.4 Å². The maximum Gasteiger partial charge on any atom is 0.387 e. The minimum absolute atomic E-state index is 0.102. The molecule has 0 radical (unpaired) electrons. The summed E-state index contributed by atoms with van der Waals surface area (Å²) in [5.74, 6) is -6.39. The van der Waals surface area contributed by atoms with E-state index in [9.17, 15) is 27.5 Å². The number of carboxylic acids is 1. The van der Waals surface area contributed by atoms with E-state index in [-0.39, 0.29) is 16.1 Å². The molecular weight excluding hydrogens is 510 g/mol. The van der Waals surface area contributed by atoms with E-state index in [0.717, 1.165) is 36.4 Å². The molecule has 0 amide bonds. The highest BCUT2D eigenvalue weighted by Crippen LogP contribution is 2.40. The second-order valence-corrected chi connectivity index (χ2v) is 7.56. The number of rotatable bonds is 8. The number of hydrogen-bond donors (Lipinski definition) is 2. The highest BCUT2D eigenvalue weighted by Gasteiger charge is 2.23. The topological polar surface area (TPSA) is 76.0 Å². The van der Waals surface area contributed by atoms with Gasteiger partial charge in [-0.15, -0.1) is 0 Å². The molecule has 0 aliphatic heterocycles. The first kappa shape index (κ1) is 25.4. The number of phenols is 1. The van der Waals surface area contributed by atoms with Gasteiger partial charge < -0.3 is 19.7 Å². The maximum absolute atomic E-state index is 15.3. The second kappa shape index (κ2) is 10.4. The molecular formula is C22H13Cl2F5O5. The fourth-order valence-corrected chi connectivity index (χ4v) is 3.65. The summed E-state index contributed by atoms with van der Waals surface area (Å²) < 4.78 is 78.3. The molecule has 0 spiro atoms. The van der Waals surface area contributed by atoms with Crippen LogP contribution in [0.5, 0.6) is 17.2 Å². The average molecular weight is 523 g/mol. The molecule has 0 bridgehead atoms. The van der Waals surface area contributed by atoms with Crippen LogP contribution in [0.4, 0.5) is 22.0 Å². The Morgan fingerprint density at radius 3 is 2.38 bits per heavy atom. The Kier molecular flexibility index (Phi) is 7.73. The molecule has 2 N–H and O–H groups in total. The number of aliphatic carboxylic acids is 1. The maximum atomic E-state index is 15.3. The van der Waals surface area contributed by atoms with E-state index < -0.39 is 76.5 Å². The normalized spacial score (nSPS) is 11.1. The fourth-order valence-electron chi connectivity index (χ4n) is 3.08. The van der Waals surface area contributed by atoms with Crippen LogP contribution in [-0.2, 0) is 11.2 Å². The molecule has 3 aromatic carbocycles. The molecule has 0 aliphatic carbocycles. The standard InChI is InChI=1S/C22H13Cl2F5O5/c23-13-7-16(33-8-17(31)32)21(27)19(24)11(13)5-9-1-4-15(30)18(20(9)26)12-6-10(34-22(28)29)2-3-14(12)25/h1-4,6-7,22,30H,5,8H2,(H,31,32). The zero-order chi connectivity index (χ0) is 25.2. The number of phenolic OH excluding ortho intramolecular Hbond substituents is 1. The van der Waals surface area contributed by atoms with Gasteiger partial charge in [-0.05, 0) is 35.4 Å². The van der Waals surface area contributed by atoms with Gasteiger partial charge in [-0.2, -0.15) is 8.78 Å². The number of halogens is 7. The van der Waals surface area contributed by atoms with Gasteiger partial charge in [-0.3, -0.25) is 0 Å². The lowest BCUT2D eigenvalue weighted by molar-refractivity contribution is -0.139. The van der Waals surface area contributed by atoms with Crippen molar-refractivity contribution in [3.63, 3.8) is 0 Å². The Morgan fingerprint density at radius 2 is 1.74 bits per heavy atom. The summed E-state index contributed by atoms with van der Waals surface area (Å²) in [6.07, 6.45) is -0.429. The van der Waals surface area contributed by atoms with Gasteiger partial charge in [0, 0.05) is 23.1 Å². The smallest absolute Gasteiger partial charge is 0.387 e. The Bertz CT molecular complexity index is 1250. The van der Waals surface area contributed by atoms with Gasteiger partial charge in [0.2, 0.25) is 0 Å². The van der Waals surface area contributed by atoms with Gasteiger partial charge in [0.25, 0.3) is 0 Å². The summed E-state index contributed by atoms with van der Waals surface area (Å²) in [7, 11) is 0. The quantitative estimate of drug-likeness (QED) is 0.263. The molecule has 0 aromatic heterocycles. The number of hydrogen-bond acceptors (Lipinski definition) is 4. The van der Waals surface area contributed by atoms with E-state index in [1.54, 1.807) is 0 Å². The largest absolute Gasteiger partial charge is 0.507 e. The molecule has 0 saturated carbocycles. The summed E-state index contributed by atoms with van der Waals surface area (Å²) in [6.45, 7) is -4.08. The average Bonchev–Trinajstić information content (AvgIpc) is 2.76. The molecule has 0 saturated heterocycles. The SMILES string of the molecule is O=C(O)COc1cc(Cl)c(Cc2ccc(O)c(-c3cc(OC(F)F)ccc3F)c2F)c(Cl)c1F.